The Morgan fingerprint density at radius 1 is 0.329 bits per heavy atom. The topological polar surface area (TPSA) is 95.9 Å². The Morgan fingerprint density at radius 2 is 0.573 bits per heavy atom. The number of hydrogen-bond acceptors (Lipinski definition) is 5. The van der Waals surface area contributed by atoms with E-state index in [1.807, 2.05) is 6.08 Å². The second kappa shape index (κ2) is 71.8. The van der Waals surface area contributed by atoms with E-state index in [2.05, 4.69) is 31.3 Å². The van der Waals surface area contributed by atoms with Crippen LogP contribution in [0.15, 0.2) is 24.3 Å². The molecular formula is C76H147NO5. The second-order valence-corrected chi connectivity index (χ2v) is 26.0. The Morgan fingerprint density at radius 3 is 0.866 bits per heavy atom. The molecule has 1 amide bonds. The molecule has 6 heteroatoms. The largest absolute Gasteiger partial charge is 0.466 e. The number of carbonyl (C=O) groups is 2. The summed E-state index contributed by atoms with van der Waals surface area (Å²) in [7, 11) is 0. The number of esters is 1. The minimum absolute atomic E-state index is 0.0237. The fourth-order valence-corrected chi connectivity index (χ4v) is 12.0. The third kappa shape index (κ3) is 67.5. The predicted molar refractivity (Wildman–Crippen MR) is 361 cm³/mol. The molecule has 0 rings (SSSR count). The average molecular weight is 1160 g/mol. The van der Waals surface area contributed by atoms with E-state index in [0.717, 1.165) is 38.5 Å². The first kappa shape index (κ1) is 80.3. The summed E-state index contributed by atoms with van der Waals surface area (Å²) in [5, 5.41) is 23.2. The monoisotopic (exact) mass is 1150 g/mol. The summed E-state index contributed by atoms with van der Waals surface area (Å²) in [6, 6.07) is -0.625. The molecule has 486 valence electrons. The molecule has 0 aromatic heterocycles. The number of ether oxygens (including phenoxy) is 1. The Kier molecular flexibility index (Phi) is 70.4. The van der Waals surface area contributed by atoms with E-state index >= 15 is 0 Å². The fraction of sp³-hybridized carbons (Fsp3) is 0.921. The van der Waals surface area contributed by atoms with E-state index in [9.17, 15) is 19.8 Å². The summed E-state index contributed by atoms with van der Waals surface area (Å²) in [5.41, 5.74) is 0. The molecule has 0 radical (unpaired) electrons. The number of aliphatic hydroxyl groups is 2. The maximum Gasteiger partial charge on any atom is 0.305 e. The third-order valence-electron chi connectivity index (χ3n) is 17.7. The molecule has 2 unspecified atom stereocenters. The van der Waals surface area contributed by atoms with Gasteiger partial charge in [0.15, 0.2) is 0 Å². The van der Waals surface area contributed by atoms with Crippen LogP contribution in [0.4, 0.5) is 0 Å². The van der Waals surface area contributed by atoms with Crippen molar-refractivity contribution in [3.63, 3.8) is 0 Å². The quantitative estimate of drug-likeness (QED) is 0.0320. The van der Waals surface area contributed by atoms with Gasteiger partial charge in [0.05, 0.1) is 25.4 Å². The van der Waals surface area contributed by atoms with Gasteiger partial charge in [0.25, 0.3) is 0 Å². The van der Waals surface area contributed by atoms with Crippen molar-refractivity contribution in [2.75, 3.05) is 13.2 Å². The van der Waals surface area contributed by atoms with E-state index < -0.39 is 12.1 Å². The maximum absolute atomic E-state index is 12.5. The highest BCUT2D eigenvalue weighted by molar-refractivity contribution is 5.76. The van der Waals surface area contributed by atoms with Gasteiger partial charge in [-0.3, -0.25) is 9.59 Å². The van der Waals surface area contributed by atoms with Gasteiger partial charge >= 0.3 is 5.97 Å². The predicted octanol–water partition coefficient (Wildman–Crippen LogP) is 24.5. The maximum atomic E-state index is 12.5. The van der Waals surface area contributed by atoms with E-state index in [1.54, 1.807) is 6.08 Å². The summed E-state index contributed by atoms with van der Waals surface area (Å²) in [5.74, 6) is -0.0379. The molecule has 0 aliphatic heterocycles. The molecule has 3 N–H and O–H groups in total. The fourth-order valence-electron chi connectivity index (χ4n) is 12.0. The number of carbonyl (C=O) groups excluding carboxylic acids is 2. The van der Waals surface area contributed by atoms with Gasteiger partial charge < -0.3 is 20.3 Å². The Labute approximate surface area is 513 Å². The highest BCUT2D eigenvalue weighted by Crippen LogP contribution is 2.19. The van der Waals surface area contributed by atoms with Crippen molar-refractivity contribution in [1.82, 2.24) is 5.32 Å². The van der Waals surface area contributed by atoms with Crippen molar-refractivity contribution in [1.29, 1.82) is 0 Å². The zero-order chi connectivity index (χ0) is 59.2. The molecular weight excluding hydrogens is 1010 g/mol. The molecule has 0 heterocycles. The molecule has 0 bridgehead atoms. The van der Waals surface area contributed by atoms with Crippen LogP contribution in [0.25, 0.3) is 0 Å². The summed E-state index contributed by atoms with van der Waals surface area (Å²) >= 11 is 0. The molecule has 6 nitrogen and oxygen atoms in total. The van der Waals surface area contributed by atoms with Gasteiger partial charge in [-0.15, -0.1) is 0 Å². The molecule has 0 aromatic rings. The number of hydrogen-bond donors (Lipinski definition) is 3. The second-order valence-electron chi connectivity index (χ2n) is 26.0. The first-order valence-corrected chi connectivity index (χ1v) is 37.6. The van der Waals surface area contributed by atoms with Crippen LogP contribution in [-0.4, -0.2) is 47.4 Å². The van der Waals surface area contributed by atoms with Crippen LogP contribution >= 0.6 is 0 Å². The number of amides is 1. The number of unbranched alkanes of at least 4 members (excludes halogenated alkanes) is 58. The normalized spacial score (nSPS) is 12.6. The lowest BCUT2D eigenvalue weighted by Crippen LogP contribution is -2.45. The average Bonchev–Trinajstić information content (AvgIpc) is 3.48. The first-order valence-electron chi connectivity index (χ1n) is 37.6. The highest BCUT2D eigenvalue weighted by atomic mass is 16.5. The lowest BCUT2D eigenvalue weighted by atomic mass is 10.0. The third-order valence-corrected chi connectivity index (χ3v) is 17.7. The Hall–Kier alpha value is -1.66. The van der Waals surface area contributed by atoms with Crippen molar-refractivity contribution in [3.8, 4) is 0 Å². The van der Waals surface area contributed by atoms with E-state index in [1.165, 1.54) is 360 Å². The molecule has 0 aliphatic rings. The van der Waals surface area contributed by atoms with Crippen molar-refractivity contribution in [2.24, 2.45) is 0 Å². The van der Waals surface area contributed by atoms with E-state index in [4.69, 9.17) is 4.74 Å². The highest BCUT2D eigenvalue weighted by Gasteiger charge is 2.18. The van der Waals surface area contributed by atoms with Gasteiger partial charge in [0.1, 0.15) is 0 Å². The van der Waals surface area contributed by atoms with Crippen LogP contribution in [0.1, 0.15) is 425 Å². The summed E-state index contributed by atoms with van der Waals surface area (Å²) < 4.78 is 5.50. The number of nitrogens with one attached hydrogen (secondary N) is 1. The standard InChI is InChI=1S/C76H147NO5/c1-3-5-7-9-11-13-15-17-40-44-48-52-56-60-64-68-74(79)73(72-78)77-75(80)69-65-61-57-53-49-45-42-38-36-34-32-30-28-26-24-22-20-19-21-23-25-27-29-31-33-35-37-39-43-47-51-55-59-63-67-71-82-76(81)70-66-62-58-54-50-46-41-18-16-14-12-10-8-6-4-2/h21,23,64,68,73-74,78-79H,3-20,22,24-63,65-67,69-72H2,1-2H3,(H,77,80)/b23-21-,68-64+. The zero-order valence-electron chi connectivity index (χ0n) is 55.8. The molecule has 0 aliphatic carbocycles. The van der Waals surface area contributed by atoms with Crippen LogP contribution in [0.5, 0.6) is 0 Å². The van der Waals surface area contributed by atoms with Gasteiger partial charge in [-0.1, -0.05) is 378 Å². The molecule has 0 aromatic carbocycles. The zero-order valence-corrected chi connectivity index (χ0v) is 55.8. The molecule has 2 atom stereocenters. The van der Waals surface area contributed by atoms with Crippen molar-refractivity contribution in [3.05, 3.63) is 24.3 Å². The van der Waals surface area contributed by atoms with Crippen molar-refractivity contribution in [2.45, 2.75) is 437 Å². The van der Waals surface area contributed by atoms with Crippen molar-refractivity contribution < 1.29 is 24.5 Å². The number of allylic oxidation sites excluding steroid dienone is 3. The van der Waals surface area contributed by atoms with Gasteiger partial charge in [-0.25, -0.2) is 0 Å². The lowest BCUT2D eigenvalue weighted by Gasteiger charge is -2.20. The first-order chi connectivity index (χ1) is 40.5. The number of aliphatic hydroxyl groups excluding tert-OH is 2. The SMILES string of the molecule is CCCCCCCCCCCCCCC/C=C/C(O)C(CO)NC(=O)CCCCCCCCCCCCCCCCCCC/C=C\CCCCCCCCCCCCCCCCOC(=O)CCCCCCCCCCCCCCCCC. The van der Waals surface area contributed by atoms with Gasteiger partial charge in [0, 0.05) is 12.8 Å². The molecule has 0 saturated carbocycles. The lowest BCUT2D eigenvalue weighted by molar-refractivity contribution is -0.143. The molecule has 82 heavy (non-hydrogen) atoms. The molecule has 0 saturated heterocycles. The van der Waals surface area contributed by atoms with Crippen LogP contribution in [-0.2, 0) is 14.3 Å². The van der Waals surface area contributed by atoms with Crippen LogP contribution < -0.4 is 5.32 Å². The molecule has 0 fully saturated rings. The molecule has 0 spiro atoms. The Balaban J connectivity index is 3.34. The van der Waals surface area contributed by atoms with Gasteiger partial charge in [-0.2, -0.15) is 0 Å². The summed E-state index contributed by atoms with van der Waals surface area (Å²) in [4.78, 5) is 24.6. The van der Waals surface area contributed by atoms with Crippen LogP contribution in [0.3, 0.4) is 0 Å². The van der Waals surface area contributed by atoms with Gasteiger partial charge in [-0.05, 0) is 57.8 Å². The smallest absolute Gasteiger partial charge is 0.305 e. The minimum atomic E-state index is -0.841. The van der Waals surface area contributed by atoms with Gasteiger partial charge in [0.2, 0.25) is 5.91 Å². The van der Waals surface area contributed by atoms with E-state index in [-0.39, 0.29) is 18.5 Å². The summed E-state index contributed by atoms with van der Waals surface area (Å²) in [6.07, 6.45) is 91.5. The van der Waals surface area contributed by atoms with Crippen LogP contribution in [0, 0.1) is 0 Å². The minimum Gasteiger partial charge on any atom is -0.466 e. The van der Waals surface area contributed by atoms with E-state index in [0.29, 0.717) is 19.4 Å². The van der Waals surface area contributed by atoms with Crippen molar-refractivity contribution >= 4 is 11.9 Å². The summed E-state index contributed by atoms with van der Waals surface area (Å²) in [6.45, 7) is 4.95. The number of rotatable bonds is 71. The van der Waals surface area contributed by atoms with Crippen LogP contribution in [0.2, 0.25) is 0 Å². The Bertz CT molecular complexity index is 1280.